The molecule has 2 heterocycles. The van der Waals surface area contributed by atoms with E-state index in [1.807, 2.05) is 13.8 Å². The minimum Gasteiger partial charge on any atom is -0.465 e. The molecule has 19 heavy (non-hydrogen) atoms. The van der Waals surface area contributed by atoms with Gasteiger partial charge in [0.2, 0.25) is 5.43 Å². The number of aryl methyl sites for hydroxylation is 2. The zero-order valence-electron chi connectivity index (χ0n) is 11.1. The van der Waals surface area contributed by atoms with Crippen molar-refractivity contribution in [2.45, 2.75) is 20.4 Å². The van der Waals surface area contributed by atoms with E-state index < -0.39 is 5.97 Å². The summed E-state index contributed by atoms with van der Waals surface area (Å²) in [7, 11) is 1.26. The molecule has 102 valence electrons. The summed E-state index contributed by atoms with van der Waals surface area (Å²) in [6, 6.07) is 3.45. The molecule has 0 aliphatic heterocycles. The first-order valence-corrected chi connectivity index (χ1v) is 5.67. The molecule has 0 amide bonds. The van der Waals surface area contributed by atoms with E-state index in [1.165, 1.54) is 13.3 Å². The molecule has 6 nitrogen and oxygen atoms in total. The fraction of sp³-hybridized carbons (Fsp3) is 0.308. The predicted octanol–water partition coefficient (Wildman–Crippen LogP) is 0.687. The van der Waals surface area contributed by atoms with Crippen molar-refractivity contribution in [1.82, 2.24) is 9.55 Å². The SMILES string of the molecule is CCn1cc(C(=O)OC)c(=O)c2ccc(C)nc21.O. The highest BCUT2D eigenvalue weighted by Gasteiger charge is 2.15. The van der Waals surface area contributed by atoms with Crippen LogP contribution >= 0.6 is 0 Å². The molecule has 2 rings (SSSR count). The average molecular weight is 264 g/mol. The van der Waals surface area contributed by atoms with Gasteiger partial charge in [-0.15, -0.1) is 0 Å². The normalized spacial score (nSPS) is 10.1. The van der Waals surface area contributed by atoms with Gasteiger partial charge in [0, 0.05) is 18.4 Å². The minimum absolute atomic E-state index is 0. The third kappa shape index (κ3) is 2.48. The second kappa shape index (κ2) is 5.62. The zero-order chi connectivity index (χ0) is 13.3. The maximum Gasteiger partial charge on any atom is 0.343 e. The van der Waals surface area contributed by atoms with E-state index in [0.717, 1.165) is 5.69 Å². The first kappa shape index (κ1) is 14.8. The van der Waals surface area contributed by atoms with Gasteiger partial charge in [0.05, 0.1) is 12.5 Å². The van der Waals surface area contributed by atoms with Crippen LogP contribution in [-0.4, -0.2) is 28.1 Å². The van der Waals surface area contributed by atoms with E-state index in [9.17, 15) is 9.59 Å². The molecule has 0 saturated heterocycles. The number of aromatic nitrogens is 2. The lowest BCUT2D eigenvalue weighted by Crippen LogP contribution is -2.20. The molecule has 2 aromatic heterocycles. The highest BCUT2D eigenvalue weighted by molar-refractivity contribution is 5.92. The van der Waals surface area contributed by atoms with Gasteiger partial charge in [0.1, 0.15) is 11.2 Å². The largest absolute Gasteiger partial charge is 0.465 e. The maximum atomic E-state index is 12.2. The number of fused-ring (bicyclic) bond motifs is 1. The number of esters is 1. The summed E-state index contributed by atoms with van der Waals surface area (Å²) in [6.45, 7) is 4.41. The molecule has 6 heteroatoms. The van der Waals surface area contributed by atoms with Crippen molar-refractivity contribution >= 4 is 17.0 Å². The lowest BCUT2D eigenvalue weighted by atomic mass is 10.2. The van der Waals surface area contributed by atoms with Crippen molar-refractivity contribution in [3.05, 3.63) is 39.8 Å². The van der Waals surface area contributed by atoms with E-state index in [4.69, 9.17) is 0 Å². The van der Waals surface area contributed by atoms with Crippen LogP contribution in [0.4, 0.5) is 0 Å². The van der Waals surface area contributed by atoms with E-state index in [-0.39, 0.29) is 16.5 Å². The topological polar surface area (TPSA) is 92.7 Å². The van der Waals surface area contributed by atoms with Crippen molar-refractivity contribution in [3.8, 4) is 0 Å². The summed E-state index contributed by atoms with van der Waals surface area (Å²) < 4.78 is 6.39. The fourth-order valence-corrected chi connectivity index (χ4v) is 1.86. The first-order valence-electron chi connectivity index (χ1n) is 5.67. The number of pyridine rings is 2. The van der Waals surface area contributed by atoms with Gasteiger partial charge in [-0.3, -0.25) is 4.79 Å². The summed E-state index contributed by atoms with van der Waals surface area (Å²) in [4.78, 5) is 28.1. The third-order valence-corrected chi connectivity index (χ3v) is 2.81. The lowest BCUT2D eigenvalue weighted by Gasteiger charge is -2.10. The third-order valence-electron chi connectivity index (χ3n) is 2.81. The lowest BCUT2D eigenvalue weighted by molar-refractivity contribution is 0.0598. The molecule has 0 aromatic carbocycles. The maximum absolute atomic E-state index is 12.2. The summed E-state index contributed by atoms with van der Waals surface area (Å²) in [5.74, 6) is -0.621. The van der Waals surface area contributed by atoms with Crippen LogP contribution in [0.5, 0.6) is 0 Å². The predicted molar refractivity (Wildman–Crippen MR) is 71.4 cm³/mol. The van der Waals surface area contributed by atoms with Crippen LogP contribution in [0.3, 0.4) is 0 Å². The standard InChI is InChI=1S/C13H14N2O3.H2O/c1-4-15-7-10(13(17)18-3)11(16)9-6-5-8(2)14-12(9)15;/h5-7H,4H2,1-3H3;1H2. The van der Waals surface area contributed by atoms with Gasteiger partial charge in [-0.05, 0) is 26.0 Å². The molecular formula is C13H16N2O4. The Morgan fingerprint density at radius 2 is 2.11 bits per heavy atom. The molecule has 2 N–H and O–H groups in total. The Kier molecular flexibility index (Phi) is 4.39. The molecule has 0 bridgehead atoms. The van der Waals surface area contributed by atoms with E-state index in [1.54, 1.807) is 16.7 Å². The van der Waals surface area contributed by atoms with Gasteiger partial charge in [-0.1, -0.05) is 0 Å². The van der Waals surface area contributed by atoms with Crippen LogP contribution in [-0.2, 0) is 11.3 Å². The van der Waals surface area contributed by atoms with Crippen molar-refractivity contribution in [2.75, 3.05) is 7.11 Å². The molecule has 0 spiro atoms. The van der Waals surface area contributed by atoms with E-state index >= 15 is 0 Å². The number of rotatable bonds is 2. The molecule has 2 aromatic rings. The highest BCUT2D eigenvalue weighted by atomic mass is 16.5. The Morgan fingerprint density at radius 3 is 2.68 bits per heavy atom. The number of carbonyl (C=O) groups is 1. The van der Waals surface area contributed by atoms with Crippen LogP contribution in [0.2, 0.25) is 0 Å². The molecular weight excluding hydrogens is 248 g/mol. The van der Waals surface area contributed by atoms with Crippen molar-refractivity contribution in [1.29, 1.82) is 0 Å². The van der Waals surface area contributed by atoms with Crippen LogP contribution in [0.15, 0.2) is 23.1 Å². The summed E-state index contributed by atoms with van der Waals surface area (Å²) >= 11 is 0. The number of nitrogens with zero attached hydrogens (tertiary/aromatic N) is 2. The van der Waals surface area contributed by atoms with Crippen LogP contribution in [0.1, 0.15) is 23.0 Å². The molecule has 0 unspecified atom stereocenters. The van der Waals surface area contributed by atoms with Crippen LogP contribution in [0, 0.1) is 6.92 Å². The summed E-state index contributed by atoms with van der Waals surface area (Å²) in [5, 5.41) is 0.436. The van der Waals surface area contributed by atoms with Gasteiger partial charge in [-0.25, -0.2) is 9.78 Å². The highest BCUT2D eigenvalue weighted by Crippen LogP contribution is 2.11. The Labute approximate surface area is 110 Å². The van der Waals surface area contributed by atoms with Gasteiger partial charge in [0.25, 0.3) is 0 Å². The fourth-order valence-electron chi connectivity index (χ4n) is 1.86. The first-order chi connectivity index (χ1) is 8.58. The van der Waals surface area contributed by atoms with Gasteiger partial charge >= 0.3 is 5.97 Å². The Hall–Kier alpha value is -2.21. The molecule has 0 fully saturated rings. The molecule has 0 aliphatic rings. The van der Waals surface area contributed by atoms with Crippen molar-refractivity contribution in [3.63, 3.8) is 0 Å². The van der Waals surface area contributed by atoms with Gasteiger partial charge in [-0.2, -0.15) is 0 Å². The van der Waals surface area contributed by atoms with Gasteiger partial charge in [0.15, 0.2) is 0 Å². The average Bonchev–Trinajstić information content (AvgIpc) is 2.38. The van der Waals surface area contributed by atoms with E-state index in [2.05, 4.69) is 9.72 Å². The quantitative estimate of drug-likeness (QED) is 0.746. The van der Waals surface area contributed by atoms with Crippen LogP contribution < -0.4 is 5.43 Å². The minimum atomic E-state index is -0.621. The van der Waals surface area contributed by atoms with E-state index in [0.29, 0.717) is 17.6 Å². The molecule has 0 saturated carbocycles. The molecule has 0 radical (unpaired) electrons. The monoisotopic (exact) mass is 264 g/mol. The van der Waals surface area contributed by atoms with Crippen molar-refractivity contribution < 1.29 is 15.0 Å². The van der Waals surface area contributed by atoms with Crippen molar-refractivity contribution in [2.24, 2.45) is 0 Å². The smallest absolute Gasteiger partial charge is 0.343 e. The number of ether oxygens (including phenoxy) is 1. The molecule has 0 aliphatic carbocycles. The number of methoxy groups -OCH3 is 1. The Balaban J connectivity index is 0.00000180. The van der Waals surface area contributed by atoms with Crippen LogP contribution in [0.25, 0.3) is 11.0 Å². The number of hydrogen-bond donors (Lipinski definition) is 0. The zero-order valence-corrected chi connectivity index (χ0v) is 11.1. The Bertz CT molecular complexity index is 676. The second-order valence-corrected chi connectivity index (χ2v) is 3.97. The Morgan fingerprint density at radius 1 is 1.42 bits per heavy atom. The second-order valence-electron chi connectivity index (χ2n) is 3.97. The van der Waals surface area contributed by atoms with Gasteiger partial charge < -0.3 is 14.8 Å². The summed E-state index contributed by atoms with van der Waals surface area (Å²) in [5.41, 5.74) is 1.12. The number of carbonyl (C=O) groups excluding carboxylic acids is 1. The summed E-state index contributed by atoms with van der Waals surface area (Å²) in [6.07, 6.45) is 1.50. The number of hydrogen-bond acceptors (Lipinski definition) is 4. The molecule has 0 atom stereocenters.